The van der Waals surface area contributed by atoms with Crippen LogP contribution in [0, 0.1) is 0 Å². The van der Waals surface area contributed by atoms with Gasteiger partial charge < -0.3 is 14.6 Å². The Morgan fingerprint density at radius 3 is 2.59 bits per heavy atom. The summed E-state index contributed by atoms with van der Waals surface area (Å²) < 4.78 is 12.7. The van der Waals surface area contributed by atoms with E-state index in [0.717, 1.165) is 18.4 Å². The van der Waals surface area contributed by atoms with Gasteiger partial charge >= 0.3 is 12.1 Å². The summed E-state index contributed by atoms with van der Waals surface area (Å²) in [7, 11) is 1.50. The van der Waals surface area contributed by atoms with Crippen LogP contribution in [0.15, 0.2) is 24.4 Å². The van der Waals surface area contributed by atoms with Crippen molar-refractivity contribution in [3.8, 4) is 11.4 Å². The number of halogens is 1. The second-order valence-corrected chi connectivity index (χ2v) is 8.87. The number of methoxy groups -OCH3 is 1. The number of carboxylic acid groups (broad SMARTS) is 1. The first-order valence-corrected chi connectivity index (χ1v) is 10.5. The number of fused-ring (bicyclic) bond motifs is 2. The molecule has 3 aromatic rings. The SMILES string of the molecule is COc1cc2c(cc1-n1nc(C(=O)O)c3cnc(Cl)cc31)CCCN2C(=O)OC(C)(C)C. The topological polar surface area (TPSA) is 107 Å². The number of pyridine rings is 1. The average molecular weight is 459 g/mol. The number of aromatic nitrogens is 3. The highest BCUT2D eigenvalue weighted by Crippen LogP contribution is 2.38. The largest absolute Gasteiger partial charge is 0.494 e. The molecule has 4 rings (SSSR count). The highest BCUT2D eigenvalue weighted by molar-refractivity contribution is 6.30. The van der Waals surface area contributed by atoms with Gasteiger partial charge in [-0.05, 0) is 45.2 Å². The Morgan fingerprint density at radius 2 is 1.94 bits per heavy atom. The molecule has 0 aliphatic carbocycles. The zero-order valence-electron chi connectivity index (χ0n) is 18.2. The summed E-state index contributed by atoms with van der Waals surface area (Å²) in [4.78, 5) is 30.1. The quantitative estimate of drug-likeness (QED) is 0.577. The summed E-state index contributed by atoms with van der Waals surface area (Å²) in [6.07, 6.45) is 2.45. The third-order valence-corrected chi connectivity index (χ3v) is 5.28. The van der Waals surface area contributed by atoms with Crippen LogP contribution in [0.3, 0.4) is 0 Å². The van der Waals surface area contributed by atoms with E-state index in [1.165, 1.54) is 18.0 Å². The van der Waals surface area contributed by atoms with E-state index in [4.69, 9.17) is 21.1 Å². The molecule has 0 fully saturated rings. The number of aromatic carboxylic acids is 1. The minimum atomic E-state index is -1.18. The third kappa shape index (κ3) is 3.95. The van der Waals surface area contributed by atoms with Gasteiger partial charge in [-0.1, -0.05) is 11.6 Å². The number of rotatable bonds is 3. The summed E-state index contributed by atoms with van der Waals surface area (Å²) in [5, 5.41) is 14.5. The van der Waals surface area contributed by atoms with Crippen LogP contribution < -0.4 is 9.64 Å². The lowest BCUT2D eigenvalue weighted by Gasteiger charge is -2.32. The molecular formula is C22H23ClN4O5. The van der Waals surface area contributed by atoms with Crippen molar-refractivity contribution in [2.24, 2.45) is 0 Å². The van der Waals surface area contributed by atoms with Gasteiger partial charge in [-0.15, -0.1) is 0 Å². The number of benzene rings is 1. The average Bonchev–Trinajstić information content (AvgIpc) is 3.09. The maximum absolute atomic E-state index is 12.8. The zero-order chi connectivity index (χ0) is 23.2. The first kappa shape index (κ1) is 21.9. The molecule has 0 radical (unpaired) electrons. The fourth-order valence-corrected chi connectivity index (χ4v) is 3.92. The van der Waals surface area contributed by atoms with Gasteiger partial charge in [0, 0.05) is 24.9 Å². The molecule has 0 atom stereocenters. The van der Waals surface area contributed by atoms with Crippen LogP contribution >= 0.6 is 11.6 Å². The number of carboxylic acids is 1. The lowest BCUT2D eigenvalue weighted by molar-refractivity contribution is 0.0576. The first-order valence-electron chi connectivity index (χ1n) is 10.1. The Kier molecular flexibility index (Phi) is 5.46. The highest BCUT2D eigenvalue weighted by Gasteiger charge is 2.29. The smallest absolute Gasteiger partial charge is 0.414 e. The summed E-state index contributed by atoms with van der Waals surface area (Å²) in [6, 6.07) is 5.17. The number of aryl methyl sites for hydroxylation is 1. The molecule has 1 amide bonds. The van der Waals surface area contributed by atoms with Crippen molar-refractivity contribution >= 4 is 40.3 Å². The number of hydrogen-bond acceptors (Lipinski definition) is 6. The van der Waals surface area contributed by atoms with Crippen molar-refractivity contribution in [2.45, 2.75) is 39.2 Å². The van der Waals surface area contributed by atoms with E-state index in [1.54, 1.807) is 17.0 Å². The molecule has 0 bridgehead atoms. The maximum atomic E-state index is 12.8. The van der Waals surface area contributed by atoms with Crippen LogP contribution in [-0.4, -0.2) is 51.2 Å². The lowest BCUT2D eigenvalue weighted by atomic mass is 10.0. The summed E-state index contributed by atoms with van der Waals surface area (Å²) in [5.41, 5.74) is 1.86. The predicted octanol–water partition coefficient (Wildman–Crippen LogP) is 4.47. The standard InChI is InChI=1S/C22H23ClN4O5/c1-22(2,3)32-21(30)26-7-5-6-12-8-16(17(31-4)9-14(12)26)27-15-10-18(23)24-11-13(15)19(25-27)20(28)29/h8-11H,5-7H2,1-4H3,(H,28,29). The molecule has 1 aromatic carbocycles. The molecule has 10 heteroatoms. The minimum Gasteiger partial charge on any atom is -0.494 e. The molecule has 1 aliphatic heterocycles. The van der Waals surface area contributed by atoms with Crippen molar-refractivity contribution in [3.05, 3.63) is 40.8 Å². The normalized spacial score (nSPS) is 13.7. The van der Waals surface area contributed by atoms with E-state index in [9.17, 15) is 14.7 Å². The number of nitrogens with zero attached hydrogens (tertiary/aromatic N) is 4. The molecule has 0 spiro atoms. The molecule has 2 aromatic heterocycles. The van der Waals surface area contributed by atoms with Crippen molar-refractivity contribution in [1.82, 2.24) is 14.8 Å². The number of hydrogen-bond donors (Lipinski definition) is 1. The molecule has 168 valence electrons. The number of amides is 1. The number of carbonyl (C=O) groups is 2. The maximum Gasteiger partial charge on any atom is 0.414 e. The van der Waals surface area contributed by atoms with Gasteiger partial charge in [0.2, 0.25) is 0 Å². The van der Waals surface area contributed by atoms with Gasteiger partial charge in [-0.25, -0.2) is 19.3 Å². The molecule has 3 heterocycles. The highest BCUT2D eigenvalue weighted by atomic mass is 35.5. The van der Waals surface area contributed by atoms with Crippen LogP contribution in [0.2, 0.25) is 5.15 Å². The van der Waals surface area contributed by atoms with E-state index in [2.05, 4.69) is 10.1 Å². The van der Waals surface area contributed by atoms with Crippen LogP contribution in [0.4, 0.5) is 10.5 Å². The second kappa shape index (κ2) is 7.98. The van der Waals surface area contributed by atoms with Crippen LogP contribution in [0.5, 0.6) is 5.75 Å². The summed E-state index contributed by atoms with van der Waals surface area (Å²) in [6.45, 7) is 5.99. The number of carbonyl (C=O) groups excluding carboxylic acids is 1. The minimum absolute atomic E-state index is 0.140. The van der Waals surface area contributed by atoms with Crippen LogP contribution in [0.25, 0.3) is 16.6 Å². The molecule has 0 saturated heterocycles. The van der Waals surface area contributed by atoms with Crippen LogP contribution in [-0.2, 0) is 11.2 Å². The van der Waals surface area contributed by atoms with E-state index in [0.29, 0.717) is 34.6 Å². The van der Waals surface area contributed by atoms with Crippen molar-refractivity contribution in [1.29, 1.82) is 0 Å². The molecule has 0 unspecified atom stereocenters. The van der Waals surface area contributed by atoms with Crippen LogP contribution in [0.1, 0.15) is 43.2 Å². The lowest BCUT2D eigenvalue weighted by Crippen LogP contribution is -2.39. The van der Waals surface area contributed by atoms with Gasteiger partial charge in [0.25, 0.3) is 0 Å². The molecule has 1 N–H and O–H groups in total. The molecule has 32 heavy (non-hydrogen) atoms. The van der Waals surface area contributed by atoms with Gasteiger partial charge in [-0.3, -0.25) is 4.90 Å². The summed E-state index contributed by atoms with van der Waals surface area (Å²) >= 11 is 6.07. The van der Waals surface area contributed by atoms with Crippen molar-refractivity contribution in [3.63, 3.8) is 0 Å². The van der Waals surface area contributed by atoms with E-state index >= 15 is 0 Å². The van der Waals surface area contributed by atoms with Gasteiger partial charge in [-0.2, -0.15) is 5.10 Å². The molecule has 1 aliphatic rings. The van der Waals surface area contributed by atoms with E-state index < -0.39 is 17.7 Å². The molecular weight excluding hydrogens is 436 g/mol. The van der Waals surface area contributed by atoms with Gasteiger partial charge in [0.1, 0.15) is 22.2 Å². The zero-order valence-corrected chi connectivity index (χ0v) is 18.9. The Hall–Kier alpha value is -3.33. The van der Waals surface area contributed by atoms with E-state index in [-0.39, 0.29) is 10.8 Å². The monoisotopic (exact) mass is 458 g/mol. The predicted molar refractivity (Wildman–Crippen MR) is 119 cm³/mol. The molecule has 9 nitrogen and oxygen atoms in total. The van der Waals surface area contributed by atoms with E-state index in [1.807, 2.05) is 26.8 Å². The van der Waals surface area contributed by atoms with Gasteiger partial charge in [0.15, 0.2) is 5.69 Å². The second-order valence-electron chi connectivity index (χ2n) is 8.48. The molecule has 0 saturated carbocycles. The first-order chi connectivity index (χ1) is 15.1. The number of ether oxygens (including phenoxy) is 2. The third-order valence-electron chi connectivity index (χ3n) is 5.08. The Morgan fingerprint density at radius 1 is 1.19 bits per heavy atom. The Bertz CT molecular complexity index is 1230. The fourth-order valence-electron chi connectivity index (χ4n) is 3.76. The van der Waals surface area contributed by atoms with Crippen molar-refractivity contribution < 1.29 is 24.2 Å². The Labute approximate surface area is 189 Å². The fraction of sp³-hybridized carbons (Fsp3) is 0.364. The Balaban J connectivity index is 1.87. The van der Waals surface area contributed by atoms with Crippen molar-refractivity contribution in [2.75, 3.05) is 18.6 Å². The summed E-state index contributed by atoms with van der Waals surface area (Å²) in [5.74, 6) is -0.751. The van der Waals surface area contributed by atoms with Gasteiger partial charge in [0.05, 0.1) is 23.7 Å². The number of anilines is 1.